The molecule has 2 saturated carbocycles. The van der Waals surface area contributed by atoms with Gasteiger partial charge in [-0.2, -0.15) is 0 Å². The Morgan fingerprint density at radius 1 is 1.19 bits per heavy atom. The lowest BCUT2D eigenvalue weighted by Gasteiger charge is -2.28. The molecule has 4 atom stereocenters. The minimum absolute atomic E-state index is 0.0873. The number of aryl methyl sites for hydroxylation is 1. The van der Waals surface area contributed by atoms with Crippen LogP contribution in [0.5, 0.6) is 0 Å². The maximum Gasteiger partial charge on any atom is 0.338 e. The summed E-state index contributed by atoms with van der Waals surface area (Å²) in [6, 6.07) is 8.12. The number of rotatable bonds is 7. The summed E-state index contributed by atoms with van der Waals surface area (Å²) in [7, 11) is 0. The lowest BCUT2D eigenvalue weighted by molar-refractivity contribution is -0.125. The minimum Gasteiger partial charge on any atom is -0.459 e. The van der Waals surface area contributed by atoms with Crippen LogP contribution in [0.3, 0.4) is 0 Å². The summed E-state index contributed by atoms with van der Waals surface area (Å²) in [6.07, 6.45) is 6.46. The van der Waals surface area contributed by atoms with Crippen LogP contribution in [0.25, 0.3) is 0 Å². The van der Waals surface area contributed by atoms with Crippen molar-refractivity contribution >= 4 is 23.5 Å². The molecule has 0 aliphatic heterocycles. The Morgan fingerprint density at radius 3 is 2.71 bits per heavy atom. The molecule has 1 aromatic heterocycles. The second-order valence-corrected chi connectivity index (χ2v) is 8.73. The lowest BCUT2D eigenvalue weighted by Crippen LogP contribution is -2.42. The molecule has 0 radical (unpaired) electrons. The van der Waals surface area contributed by atoms with Crippen molar-refractivity contribution in [3.8, 4) is 0 Å². The second kappa shape index (κ2) is 8.96. The number of benzene rings is 1. The van der Waals surface area contributed by atoms with Crippen LogP contribution in [-0.4, -0.2) is 30.4 Å². The molecular weight excluding hydrogens is 396 g/mol. The summed E-state index contributed by atoms with van der Waals surface area (Å²) in [4.78, 5) is 36.9. The fourth-order valence-corrected chi connectivity index (χ4v) is 5.00. The number of esters is 1. The highest BCUT2D eigenvalue weighted by atomic mass is 16.5. The van der Waals surface area contributed by atoms with Gasteiger partial charge >= 0.3 is 5.97 Å². The number of fused-ring (bicyclic) bond motifs is 2. The first-order chi connectivity index (χ1) is 14.9. The van der Waals surface area contributed by atoms with Gasteiger partial charge in [-0.1, -0.05) is 12.5 Å². The van der Waals surface area contributed by atoms with Gasteiger partial charge in [0.15, 0.2) is 12.4 Å². The van der Waals surface area contributed by atoms with Crippen molar-refractivity contribution in [2.75, 3.05) is 11.9 Å². The molecule has 2 amide bonds. The van der Waals surface area contributed by atoms with Gasteiger partial charge in [0, 0.05) is 11.7 Å². The molecule has 1 heterocycles. The van der Waals surface area contributed by atoms with Gasteiger partial charge in [-0.15, -0.1) is 0 Å². The monoisotopic (exact) mass is 424 g/mol. The van der Waals surface area contributed by atoms with Gasteiger partial charge < -0.3 is 19.8 Å². The van der Waals surface area contributed by atoms with Crippen LogP contribution in [0.15, 0.2) is 41.0 Å². The molecule has 2 aromatic rings. The molecule has 7 heteroatoms. The first-order valence-electron chi connectivity index (χ1n) is 10.8. The number of hydrogen-bond acceptors (Lipinski definition) is 5. The van der Waals surface area contributed by atoms with Gasteiger partial charge in [-0.05, 0) is 80.7 Å². The fraction of sp³-hybridized carbons (Fsp3) is 0.458. The fourth-order valence-electron chi connectivity index (χ4n) is 5.00. The maximum absolute atomic E-state index is 12.4. The van der Waals surface area contributed by atoms with Gasteiger partial charge in [0.2, 0.25) is 0 Å². The Hall–Kier alpha value is -3.09. The molecular formula is C24H28N2O5. The third-order valence-electron chi connectivity index (χ3n) is 6.62. The zero-order chi connectivity index (χ0) is 22.0. The summed E-state index contributed by atoms with van der Waals surface area (Å²) in [5, 5.41) is 5.72. The smallest absolute Gasteiger partial charge is 0.338 e. The largest absolute Gasteiger partial charge is 0.459 e. The van der Waals surface area contributed by atoms with E-state index in [1.807, 2.05) is 13.8 Å². The van der Waals surface area contributed by atoms with Crippen molar-refractivity contribution < 1.29 is 23.5 Å². The Labute approximate surface area is 181 Å². The van der Waals surface area contributed by atoms with E-state index in [4.69, 9.17) is 9.15 Å². The molecule has 1 aromatic carbocycles. The third-order valence-corrected chi connectivity index (χ3v) is 6.62. The number of anilines is 1. The van der Waals surface area contributed by atoms with Gasteiger partial charge in [0.05, 0.1) is 11.8 Å². The van der Waals surface area contributed by atoms with Crippen LogP contribution in [0.2, 0.25) is 0 Å². The van der Waals surface area contributed by atoms with Crippen LogP contribution in [0, 0.1) is 24.7 Å². The molecule has 2 aliphatic rings. The molecule has 2 bridgehead atoms. The van der Waals surface area contributed by atoms with Crippen LogP contribution in [0.4, 0.5) is 5.69 Å². The van der Waals surface area contributed by atoms with Gasteiger partial charge in [-0.3, -0.25) is 9.59 Å². The number of amides is 2. The number of furan rings is 1. The number of ether oxygens (including phenoxy) is 1. The van der Waals surface area contributed by atoms with E-state index in [0.29, 0.717) is 17.5 Å². The normalized spacial score (nSPS) is 22.7. The minimum atomic E-state index is -0.615. The lowest BCUT2D eigenvalue weighted by atomic mass is 9.84. The summed E-state index contributed by atoms with van der Waals surface area (Å²) in [6.45, 7) is 3.53. The average molecular weight is 424 g/mol. The predicted molar refractivity (Wildman–Crippen MR) is 115 cm³/mol. The Balaban J connectivity index is 1.30. The standard InChI is InChI=1S/C24H28N2O5/c1-14-5-7-18(12-20(14)26-23(28)21-4-3-9-30-21)24(29)31-13-22(27)25-15(2)19-11-16-6-8-17(19)10-16/h3-5,7,9,12,15-17,19H,6,8,10-11,13H2,1-2H3,(H,25,27)(H,26,28)/t15-,16-,17-,19+/m0/s1. The molecule has 2 N–H and O–H groups in total. The molecule has 2 aliphatic carbocycles. The van der Waals surface area contributed by atoms with E-state index in [0.717, 1.165) is 11.5 Å². The van der Waals surface area contributed by atoms with Crippen molar-refractivity contribution in [3.63, 3.8) is 0 Å². The zero-order valence-corrected chi connectivity index (χ0v) is 17.9. The Kier molecular flexibility index (Phi) is 6.11. The maximum atomic E-state index is 12.4. The summed E-state index contributed by atoms with van der Waals surface area (Å²) < 4.78 is 10.3. The molecule has 0 unspecified atom stereocenters. The van der Waals surface area contributed by atoms with E-state index < -0.39 is 11.9 Å². The molecule has 4 rings (SSSR count). The summed E-state index contributed by atoms with van der Waals surface area (Å²) in [5.74, 6) is 0.914. The Bertz CT molecular complexity index is 968. The zero-order valence-electron chi connectivity index (χ0n) is 17.9. The van der Waals surface area contributed by atoms with E-state index in [2.05, 4.69) is 10.6 Å². The highest BCUT2D eigenvalue weighted by Gasteiger charge is 2.42. The van der Waals surface area contributed by atoms with Crippen LogP contribution >= 0.6 is 0 Å². The van der Waals surface area contributed by atoms with E-state index in [9.17, 15) is 14.4 Å². The number of nitrogens with one attached hydrogen (secondary N) is 2. The molecule has 0 spiro atoms. The average Bonchev–Trinajstić information content (AvgIpc) is 3.51. The summed E-state index contributed by atoms with van der Waals surface area (Å²) in [5.41, 5.74) is 1.52. The molecule has 2 fully saturated rings. The third kappa shape index (κ3) is 4.81. The van der Waals surface area contributed by atoms with Crippen LogP contribution < -0.4 is 10.6 Å². The van der Waals surface area contributed by atoms with E-state index in [1.165, 1.54) is 38.0 Å². The number of carbonyl (C=O) groups is 3. The molecule has 7 nitrogen and oxygen atoms in total. The SMILES string of the molecule is Cc1ccc(C(=O)OCC(=O)N[C@@H](C)[C@H]2C[C@H]3CC[C@H]2C3)cc1NC(=O)c1ccco1. The van der Waals surface area contributed by atoms with Crippen molar-refractivity contribution in [3.05, 3.63) is 53.5 Å². The summed E-state index contributed by atoms with van der Waals surface area (Å²) >= 11 is 0. The van der Waals surface area contributed by atoms with Crippen molar-refractivity contribution in [1.82, 2.24) is 5.32 Å². The number of carbonyl (C=O) groups excluding carboxylic acids is 3. The van der Waals surface area contributed by atoms with Crippen molar-refractivity contribution in [2.45, 2.75) is 45.6 Å². The van der Waals surface area contributed by atoms with Crippen LogP contribution in [0.1, 0.15) is 59.1 Å². The predicted octanol–water partition coefficient (Wildman–Crippen LogP) is 3.94. The van der Waals surface area contributed by atoms with E-state index >= 15 is 0 Å². The van der Waals surface area contributed by atoms with Gasteiger partial charge in [0.25, 0.3) is 11.8 Å². The Morgan fingerprint density at radius 2 is 2.03 bits per heavy atom. The topological polar surface area (TPSA) is 97.6 Å². The highest BCUT2D eigenvalue weighted by molar-refractivity contribution is 6.03. The van der Waals surface area contributed by atoms with Gasteiger partial charge in [-0.25, -0.2) is 4.79 Å². The van der Waals surface area contributed by atoms with E-state index in [1.54, 1.807) is 24.3 Å². The van der Waals surface area contributed by atoms with Crippen molar-refractivity contribution in [1.29, 1.82) is 0 Å². The molecule has 31 heavy (non-hydrogen) atoms. The molecule has 164 valence electrons. The number of hydrogen-bond donors (Lipinski definition) is 2. The quantitative estimate of drug-likeness (QED) is 0.656. The second-order valence-electron chi connectivity index (χ2n) is 8.73. The first kappa shape index (κ1) is 21.2. The van der Waals surface area contributed by atoms with Gasteiger partial charge in [0.1, 0.15) is 0 Å². The van der Waals surface area contributed by atoms with Crippen LogP contribution in [-0.2, 0) is 9.53 Å². The molecule has 0 saturated heterocycles. The first-order valence-corrected chi connectivity index (χ1v) is 10.8. The highest BCUT2D eigenvalue weighted by Crippen LogP contribution is 2.49. The van der Waals surface area contributed by atoms with Crippen molar-refractivity contribution in [2.24, 2.45) is 17.8 Å². The van der Waals surface area contributed by atoms with E-state index in [-0.39, 0.29) is 29.9 Å².